The minimum absolute atomic E-state index is 0.0114. The summed E-state index contributed by atoms with van der Waals surface area (Å²) < 4.78 is 26.9. The number of carboxylic acid groups (broad SMARTS) is 1. The van der Waals surface area contributed by atoms with Gasteiger partial charge in [0.25, 0.3) is 0 Å². The molecule has 1 fully saturated rings. The number of carbonyl (C=O) groups excluding carboxylic acids is 1. The molecular formula is C29H34FN3O5. The highest BCUT2D eigenvalue weighted by Crippen LogP contribution is 2.40. The van der Waals surface area contributed by atoms with Gasteiger partial charge in [0.15, 0.2) is 0 Å². The molecule has 0 bridgehead atoms. The number of methoxy groups -OCH3 is 2. The molecule has 8 nitrogen and oxygen atoms in total. The van der Waals surface area contributed by atoms with Crippen LogP contribution in [0.2, 0.25) is 0 Å². The first-order valence-corrected chi connectivity index (χ1v) is 13.2. The number of nitrogens with zero attached hydrogens (tertiary/aromatic N) is 3. The molecule has 3 aromatic rings. The van der Waals surface area contributed by atoms with E-state index in [0.717, 1.165) is 60.8 Å². The fourth-order valence-corrected chi connectivity index (χ4v) is 6.17. The molecular weight excluding hydrogens is 489 g/mol. The molecule has 1 amide bonds. The van der Waals surface area contributed by atoms with Gasteiger partial charge < -0.3 is 19.1 Å². The standard InChI is InChI=1S/C29H34FN3O5/c1-17-7-12-22-24(32(17)29(36)38-3)13-14-25-27(22)31-26(33(25)20-8-10-21(37-2)11-9-20)16-23(28(34)35)18-5-4-6-19(30)15-18/h4-6,13-15,17,20-21,23H,7-12,16H2,1-3H3,(H,34,35). The first kappa shape index (κ1) is 26.2. The molecule has 2 heterocycles. The third-order valence-corrected chi connectivity index (χ3v) is 8.18. The predicted molar refractivity (Wildman–Crippen MR) is 141 cm³/mol. The zero-order chi connectivity index (χ0) is 27.0. The SMILES string of the molecule is COC(=O)N1c2ccc3c(nc(CC(C(=O)O)c4cccc(F)c4)n3C3CCC(OC)CC3)c2CCC1C. The quantitative estimate of drug-likeness (QED) is 0.451. The number of ether oxygens (including phenoxy) is 2. The number of fused-ring (bicyclic) bond motifs is 3. The molecule has 9 heteroatoms. The van der Waals surface area contributed by atoms with Crippen LogP contribution in [-0.4, -0.2) is 53.1 Å². The first-order valence-electron chi connectivity index (χ1n) is 13.2. The summed E-state index contributed by atoms with van der Waals surface area (Å²) in [6, 6.07) is 9.85. The number of carboxylic acids is 1. The van der Waals surface area contributed by atoms with Gasteiger partial charge in [-0.05, 0) is 75.3 Å². The van der Waals surface area contributed by atoms with Crippen molar-refractivity contribution in [2.24, 2.45) is 0 Å². The molecule has 1 aliphatic carbocycles. The monoisotopic (exact) mass is 523 g/mol. The van der Waals surface area contributed by atoms with Gasteiger partial charge in [0.2, 0.25) is 0 Å². The Morgan fingerprint density at radius 3 is 2.55 bits per heavy atom. The van der Waals surface area contributed by atoms with Gasteiger partial charge in [0, 0.05) is 31.2 Å². The van der Waals surface area contributed by atoms with Crippen LogP contribution in [0.25, 0.3) is 11.0 Å². The van der Waals surface area contributed by atoms with Crippen molar-refractivity contribution in [2.75, 3.05) is 19.1 Å². The van der Waals surface area contributed by atoms with Crippen LogP contribution in [-0.2, 0) is 27.1 Å². The van der Waals surface area contributed by atoms with Gasteiger partial charge in [0.1, 0.15) is 11.6 Å². The van der Waals surface area contributed by atoms with Crippen LogP contribution in [0, 0.1) is 5.82 Å². The summed E-state index contributed by atoms with van der Waals surface area (Å²) in [4.78, 5) is 31.7. The molecule has 0 saturated heterocycles. The largest absolute Gasteiger partial charge is 0.481 e. The molecule has 1 N–H and O–H groups in total. The normalized spacial score (nSPS) is 22.2. The van der Waals surface area contributed by atoms with E-state index in [1.807, 2.05) is 19.1 Å². The van der Waals surface area contributed by atoms with Crippen LogP contribution in [0.3, 0.4) is 0 Å². The van der Waals surface area contributed by atoms with E-state index in [9.17, 15) is 19.1 Å². The van der Waals surface area contributed by atoms with Crippen molar-refractivity contribution in [1.82, 2.24) is 9.55 Å². The van der Waals surface area contributed by atoms with Gasteiger partial charge in [-0.15, -0.1) is 0 Å². The summed E-state index contributed by atoms with van der Waals surface area (Å²) in [5, 5.41) is 10.1. The maximum absolute atomic E-state index is 14.0. The van der Waals surface area contributed by atoms with Crippen LogP contribution >= 0.6 is 0 Å². The predicted octanol–water partition coefficient (Wildman–Crippen LogP) is 5.62. The number of benzene rings is 2. The summed E-state index contributed by atoms with van der Waals surface area (Å²) in [6.07, 6.45) is 5.04. The molecule has 1 aromatic heterocycles. The van der Waals surface area contributed by atoms with E-state index in [0.29, 0.717) is 11.4 Å². The lowest BCUT2D eigenvalue weighted by Gasteiger charge is -2.34. The maximum Gasteiger partial charge on any atom is 0.414 e. The van der Waals surface area contributed by atoms with Crippen molar-refractivity contribution in [2.45, 2.75) is 76.0 Å². The summed E-state index contributed by atoms with van der Waals surface area (Å²) >= 11 is 0. The second kappa shape index (κ2) is 10.7. The Hall–Kier alpha value is -3.46. The smallest absolute Gasteiger partial charge is 0.414 e. The maximum atomic E-state index is 14.0. The molecule has 5 rings (SSSR count). The Bertz CT molecular complexity index is 1350. The molecule has 202 valence electrons. The second-order valence-corrected chi connectivity index (χ2v) is 10.4. The van der Waals surface area contributed by atoms with Crippen LogP contribution in [0.4, 0.5) is 14.9 Å². The number of amides is 1. The van der Waals surface area contributed by atoms with Crippen LogP contribution in [0.1, 0.15) is 67.9 Å². The number of hydrogen-bond donors (Lipinski definition) is 1. The zero-order valence-electron chi connectivity index (χ0n) is 22.0. The molecule has 38 heavy (non-hydrogen) atoms. The molecule has 1 saturated carbocycles. The third kappa shape index (κ3) is 4.75. The summed E-state index contributed by atoms with van der Waals surface area (Å²) in [5.74, 6) is -1.77. The van der Waals surface area contributed by atoms with Gasteiger partial charge in [-0.25, -0.2) is 14.2 Å². The number of aromatic nitrogens is 2. The van der Waals surface area contributed by atoms with Crippen molar-refractivity contribution in [3.05, 3.63) is 59.2 Å². The van der Waals surface area contributed by atoms with E-state index in [1.54, 1.807) is 18.1 Å². The van der Waals surface area contributed by atoms with E-state index in [2.05, 4.69) is 4.57 Å². The van der Waals surface area contributed by atoms with E-state index < -0.39 is 23.8 Å². The minimum Gasteiger partial charge on any atom is -0.481 e. The summed E-state index contributed by atoms with van der Waals surface area (Å²) in [5.41, 5.74) is 3.88. The van der Waals surface area contributed by atoms with Crippen LogP contribution in [0.15, 0.2) is 36.4 Å². The molecule has 2 unspecified atom stereocenters. The van der Waals surface area contributed by atoms with Gasteiger partial charge in [-0.3, -0.25) is 9.69 Å². The van der Waals surface area contributed by atoms with Gasteiger partial charge in [-0.2, -0.15) is 0 Å². The number of imidazole rings is 1. The number of hydrogen-bond acceptors (Lipinski definition) is 5. The molecule has 1 aliphatic heterocycles. The van der Waals surface area contributed by atoms with E-state index in [4.69, 9.17) is 14.5 Å². The third-order valence-electron chi connectivity index (χ3n) is 8.18. The van der Waals surface area contributed by atoms with Crippen molar-refractivity contribution in [3.63, 3.8) is 0 Å². The average molecular weight is 524 g/mol. The van der Waals surface area contributed by atoms with E-state index in [1.165, 1.54) is 25.3 Å². The fraction of sp³-hybridized carbons (Fsp3) is 0.483. The number of anilines is 1. The Morgan fingerprint density at radius 2 is 1.89 bits per heavy atom. The number of aliphatic carboxylic acids is 1. The number of rotatable bonds is 6. The molecule has 2 atom stereocenters. The molecule has 2 aromatic carbocycles. The van der Waals surface area contributed by atoms with Crippen LogP contribution < -0.4 is 4.90 Å². The molecule has 2 aliphatic rings. The van der Waals surface area contributed by atoms with Crippen molar-refractivity contribution >= 4 is 28.8 Å². The number of halogens is 1. The first-order chi connectivity index (χ1) is 18.3. The van der Waals surface area contributed by atoms with Gasteiger partial charge >= 0.3 is 12.1 Å². The van der Waals surface area contributed by atoms with Crippen molar-refractivity contribution in [1.29, 1.82) is 0 Å². The summed E-state index contributed by atoms with van der Waals surface area (Å²) in [6.45, 7) is 2.00. The minimum atomic E-state index is -1.02. The molecule has 0 radical (unpaired) electrons. The average Bonchev–Trinajstić information content (AvgIpc) is 3.29. The van der Waals surface area contributed by atoms with Crippen molar-refractivity contribution < 1.29 is 28.6 Å². The summed E-state index contributed by atoms with van der Waals surface area (Å²) in [7, 11) is 3.11. The number of carbonyl (C=O) groups is 2. The lowest BCUT2D eigenvalue weighted by Crippen LogP contribution is -2.42. The zero-order valence-corrected chi connectivity index (χ0v) is 22.0. The van der Waals surface area contributed by atoms with E-state index in [-0.39, 0.29) is 24.6 Å². The second-order valence-electron chi connectivity index (χ2n) is 10.4. The number of aryl methyl sites for hydroxylation is 1. The van der Waals surface area contributed by atoms with Gasteiger partial charge in [-0.1, -0.05) is 12.1 Å². The van der Waals surface area contributed by atoms with Gasteiger partial charge in [0.05, 0.1) is 35.9 Å². The highest BCUT2D eigenvalue weighted by molar-refractivity contribution is 5.95. The lowest BCUT2D eigenvalue weighted by molar-refractivity contribution is -0.138. The van der Waals surface area contributed by atoms with E-state index >= 15 is 0 Å². The van der Waals surface area contributed by atoms with Crippen molar-refractivity contribution in [3.8, 4) is 0 Å². The topological polar surface area (TPSA) is 93.9 Å². The Balaban J connectivity index is 1.63. The highest BCUT2D eigenvalue weighted by Gasteiger charge is 2.34. The fourth-order valence-electron chi connectivity index (χ4n) is 6.17. The van der Waals surface area contributed by atoms with Crippen LogP contribution in [0.5, 0.6) is 0 Å². The Morgan fingerprint density at radius 1 is 1.13 bits per heavy atom. The molecule has 0 spiro atoms. The lowest BCUT2D eigenvalue weighted by atomic mass is 9.91. The Labute approximate surface area is 221 Å². The Kier molecular flexibility index (Phi) is 7.38. The highest BCUT2D eigenvalue weighted by atomic mass is 19.1.